The Morgan fingerprint density at radius 1 is 0.438 bits per heavy atom. The van der Waals surface area contributed by atoms with Crippen LogP contribution in [0.4, 0.5) is 0 Å². The monoisotopic (exact) mass is 1140 g/mol. The van der Waals surface area contributed by atoms with Crippen molar-refractivity contribution in [2.45, 2.75) is 347 Å². The Bertz CT molecular complexity index is 1490. The maximum absolute atomic E-state index is 13.0. The Morgan fingerprint density at radius 2 is 0.738 bits per heavy atom. The maximum atomic E-state index is 13.0. The van der Waals surface area contributed by atoms with Gasteiger partial charge in [-0.3, -0.25) is 9.36 Å². The zero-order valence-corrected chi connectivity index (χ0v) is 54.7. The lowest BCUT2D eigenvalue weighted by Gasteiger charge is -2.29. The van der Waals surface area contributed by atoms with E-state index in [1.165, 1.54) is 263 Å². The molecule has 0 saturated carbocycles. The number of aliphatic hydroxyl groups is 1. The Hall–Kier alpha value is -1.80. The minimum absolute atomic E-state index is 0.00933. The third-order valence-electron chi connectivity index (χ3n) is 15.7. The quantitative estimate of drug-likeness (QED) is 0.0272. The first-order valence-corrected chi connectivity index (χ1v) is 36.1. The summed E-state index contributed by atoms with van der Waals surface area (Å²) in [6.07, 6.45) is 84.9. The van der Waals surface area contributed by atoms with Crippen molar-refractivity contribution in [1.82, 2.24) is 5.32 Å². The lowest BCUT2D eigenvalue weighted by molar-refractivity contribution is -0.870. The molecule has 0 heterocycles. The van der Waals surface area contributed by atoms with Crippen LogP contribution >= 0.6 is 7.82 Å². The number of hydrogen-bond donors (Lipinski definition) is 2. The van der Waals surface area contributed by atoms with Gasteiger partial charge < -0.3 is 28.8 Å². The van der Waals surface area contributed by atoms with Crippen molar-refractivity contribution in [1.29, 1.82) is 0 Å². The fourth-order valence-electron chi connectivity index (χ4n) is 10.3. The molecule has 1 amide bonds. The van der Waals surface area contributed by atoms with Crippen LogP contribution in [0.25, 0.3) is 0 Å². The zero-order valence-electron chi connectivity index (χ0n) is 53.8. The number of quaternary nitrogens is 1. The first kappa shape index (κ1) is 78.2. The van der Waals surface area contributed by atoms with E-state index in [0.717, 1.165) is 51.4 Å². The Balaban J connectivity index is 4.11. The number of rotatable bonds is 64. The number of nitrogens with zero attached hydrogens (tertiary/aromatic N) is 1. The van der Waals surface area contributed by atoms with E-state index in [-0.39, 0.29) is 12.5 Å². The Morgan fingerprint density at radius 3 is 1.09 bits per heavy atom. The number of hydrogen-bond acceptors (Lipinski definition) is 6. The van der Waals surface area contributed by atoms with Crippen LogP contribution in [0.15, 0.2) is 60.8 Å². The molecule has 470 valence electrons. The van der Waals surface area contributed by atoms with Crippen molar-refractivity contribution in [2.24, 2.45) is 0 Å². The van der Waals surface area contributed by atoms with Crippen LogP contribution in [0.1, 0.15) is 335 Å². The van der Waals surface area contributed by atoms with Gasteiger partial charge in [-0.05, 0) is 77.0 Å². The average Bonchev–Trinajstić information content (AvgIpc) is 3.42. The standard InChI is InChI=1S/C71H135N2O6P/c1-6-8-10-12-14-16-18-20-22-24-26-28-30-32-33-34-35-36-37-38-39-41-43-45-47-49-51-53-55-57-59-61-63-65-71(75)72-69(68-79-80(76,77)78-67-66-73(3,4)5)70(74)64-62-60-58-56-54-52-50-48-46-44-42-40-31-29-27-25-23-21-19-17-15-13-11-9-7-2/h26,28,32-33,46,48,54,56,62,64,69-70,74H,6-25,27,29-31,34-45,47,49-53,55,57-61,63,65-68H2,1-5H3,(H-,72,75,76,77)/b28-26-,33-32-,48-46+,56-54+,64-62+. The fourth-order valence-corrected chi connectivity index (χ4v) is 11.0. The minimum Gasteiger partial charge on any atom is -0.756 e. The maximum Gasteiger partial charge on any atom is 0.268 e. The second kappa shape index (κ2) is 61.8. The molecule has 0 aliphatic rings. The number of phosphoric ester groups is 1. The SMILES string of the molecule is CCCCCCCCCCC/C=C\C/C=C\CCCCCCCCCCCCCCCCCCCC(=O)NC(COP(=O)([O-])OCC[N+](C)(C)C)C(O)/C=C/CC/C=C/CC/C=C/CCCCCCCCCCCCCCCCC. The summed E-state index contributed by atoms with van der Waals surface area (Å²) in [7, 11) is 1.24. The van der Waals surface area contributed by atoms with E-state index in [1.807, 2.05) is 27.2 Å². The van der Waals surface area contributed by atoms with Crippen molar-refractivity contribution in [2.75, 3.05) is 40.9 Å². The first-order chi connectivity index (χ1) is 39.0. The third-order valence-corrected chi connectivity index (χ3v) is 16.6. The Kier molecular flexibility index (Phi) is 60.4. The van der Waals surface area contributed by atoms with Crippen LogP contribution in [-0.2, 0) is 18.4 Å². The number of likely N-dealkylation sites (N-methyl/N-ethyl adjacent to an activating group) is 1. The number of phosphoric acid groups is 1. The molecule has 0 saturated heterocycles. The van der Waals surface area contributed by atoms with E-state index in [0.29, 0.717) is 17.4 Å². The highest BCUT2D eigenvalue weighted by Crippen LogP contribution is 2.38. The molecule has 0 aromatic rings. The molecule has 0 aromatic carbocycles. The molecule has 0 fully saturated rings. The van der Waals surface area contributed by atoms with Crippen molar-refractivity contribution in [3.8, 4) is 0 Å². The summed E-state index contributed by atoms with van der Waals surface area (Å²) < 4.78 is 23.4. The van der Waals surface area contributed by atoms with Gasteiger partial charge in [0.1, 0.15) is 13.2 Å². The molecular weight excluding hydrogens is 1010 g/mol. The van der Waals surface area contributed by atoms with Crippen LogP contribution in [0.2, 0.25) is 0 Å². The first-order valence-electron chi connectivity index (χ1n) is 34.7. The molecule has 0 aromatic heterocycles. The largest absolute Gasteiger partial charge is 0.756 e. The molecule has 3 atom stereocenters. The molecule has 3 unspecified atom stereocenters. The predicted octanol–water partition coefficient (Wildman–Crippen LogP) is 21.4. The van der Waals surface area contributed by atoms with Gasteiger partial charge in [-0.25, -0.2) is 0 Å². The number of amides is 1. The molecule has 2 N–H and O–H groups in total. The zero-order chi connectivity index (χ0) is 58.4. The van der Waals surface area contributed by atoms with Gasteiger partial charge in [-0.2, -0.15) is 0 Å². The van der Waals surface area contributed by atoms with Gasteiger partial charge >= 0.3 is 0 Å². The minimum atomic E-state index is -4.62. The van der Waals surface area contributed by atoms with E-state index in [1.54, 1.807) is 6.08 Å². The van der Waals surface area contributed by atoms with Gasteiger partial charge in [-0.1, -0.05) is 312 Å². The summed E-state index contributed by atoms with van der Waals surface area (Å²) in [5.74, 6) is -0.207. The van der Waals surface area contributed by atoms with Gasteiger partial charge in [-0.15, -0.1) is 0 Å². The summed E-state index contributed by atoms with van der Waals surface area (Å²) in [4.78, 5) is 25.6. The summed E-state index contributed by atoms with van der Waals surface area (Å²) in [6, 6.07) is -0.913. The molecule has 0 aliphatic carbocycles. The summed E-state index contributed by atoms with van der Waals surface area (Å²) in [5.41, 5.74) is 0. The van der Waals surface area contributed by atoms with Crippen molar-refractivity contribution in [3.63, 3.8) is 0 Å². The van der Waals surface area contributed by atoms with Gasteiger partial charge in [0.05, 0.1) is 39.9 Å². The number of nitrogens with one attached hydrogen (secondary N) is 1. The van der Waals surface area contributed by atoms with Crippen molar-refractivity contribution in [3.05, 3.63) is 60.8 Å². The highest BCUT2D eigenvalue weighted by atomic mass is 31.2. The van der Waals surface area contributed by atoms with Gasteiger partial charge in [0.2, 0.25) is 5.91 Å². The second-order valence-corrected chi connectivity index (χ2v) is 26.3. The van der Waals surface area contributed by atoms with Gasteiger partial charge in [0.25, 0.3) is 7.82 Å². The fraction of sp³-hybridized carbons (Fsp3) is 0.845. The molecule has 80 heavy (non-hydrogen) atoms. The predicted molar refractivity (Wildman–Crippen MR) is 348 cm³/mol. The van der Waals surface area contributed by atoms with E-state index in [2.05, 4.69) is 67.8 Å². The van der Waals surface area contributed by atoms with E-state index < -0.39 is 26.6 Å². The van der Waals surface area contributed by atoms with Crippen molar-refractivity contribution >= 4 is 13.7 Å². The number of carbonyl (C=O) groups excluding carboxylic acids is 1. The lowest BCUT2D eigenvalue weighted by atomic mass is 10.0. The van der Waals surface area contributed by atoms with Crippen LogP contribution in [0, 0.1) is 0 Å². The average molecular weight is 1140 g/mol. The third kappa shape index (κ3) is 63.8. The van der Waals surface area contributed by atoms with E-state index in [4.69, 9.17) is 9.05 Å². The lowest BCUT2D eigenvalue weighted by Crippen LogP contribution is -2.45. The van der Waals surface area contributed by atoms with Crippen molar-refractivity contribution < 1.29 is 32.9 Å². The molecule has 0 radical (unpaired) electrons. The number of aliphatic hydroxyl groups excluding tert-OH is 1. The Labute approximate surface area is 498 Å². The van der Waals surface area contributed by atoms with E-state index in [9.17, 15) is 19.4 Å². The number of unbranched alkanes of at least 4 members (excludes halogenated alkanes) is 43. The molecule has 0 bridgehead atoms. The molecule has 0 rings (SSSR count). The van der Waals surface area contributed by atoms with E-state index >= 15 is 0 Å². The van der Waals surface area contributed by atoms with Crippen LogP contribution in [-0.4, -0.2) is 68.5 Å². The van der Waals surface area contributed by atoms with Gasteiger partial charge in [0.15, 0.2) is 0 Å². The topological polar surface area (TPSA) is 108 Å². The number of allylic oxidation sites excluding steroid dienone is 9. The summed E-state index contributed by atoms with van der Waals surface area (Å²) in [6.45, 7) is 4.66. The highest BCUT2D eigenvalue weighted by molar-refractivity contribution is 7.45. The van der Waals surface area contributed by atoms with Crippen LogP contribution in [0.5, 0.6) is 0 Å². The normalized spacial score (nSPS) is 14.0. The highest BCUT2D eigenvalue weighted by Gasteiger charge is 2.23. The van der Waals surface area contributed by atoms with Gasteiger partial charge in [0, 0.05) is 6.42 Å². The molecule has 0 aliphatic heterocycles. The molecular formula is C71H135N2O6P. The van der Waals surface area contributed by atoms with Crippen LogP contribution < -0.4 is 10.2 Å². The van der Waals surface area contributed by atoms with Crippen LogP contribution in [0.3, 0.4) is 0 Å². The number of carbonyl (C=O) groups is 1. The second-order valence-electron chi connectivity index (χ2n) is 24.9. The molecule has 0 spiro atoms. The summed E-state index contributed by atoms with van der Waals surface area (Å²) in [5, 5.41) is 13.9. The summed E-state index contributed by atoms with van der Waals surface area (Å²) >= 11 is 0. The molecule has 8 nitrogen and oxygen atoms in total. The molecule has 9 heteroatoms. The smallest absolute Gasteiger partial charge is 0.268 e.